The zero-order chi connectivity index (χ0) is 13.7. The van der Waals surface area contributed by atoms with Gasteiger partial charge in [0, 0.05) is 0 Å². The Bertz CT molecular complexity index is 454. The van der Waals surface area contributed by atoms with Crippen molar-refractivity contribution in [2.45, 2.75) is 20.3 Å². The first-order valence-electron chi connectivity index (χ1n) is 5.65. The molecule has 0 aromatic heterocycles. The minimum Gasteiger partial charge on any atom is -0.478 e. The van der Waals surface area contributed by atoms with Gasteiger partial charge in [0.25, 0.3) is 0 Å². The molecule has 5 heteroatoms. The molecule has 5 nitrogen and oxygen atoms in total. The molecule has 0 heterocycles. The van der Waals surface area contributed by atoms with E-state index < -0.39 is 12.1 Å². The van der Waals surface area contributed by atoms with Crippen LogP contribution in [0.25, 0.3) is 0 Å². The Balaban J connectivity index is 3.17. The Labute approximate surface area is 106 Å². The lowest BCUT2D eigenvalue weighted by Crippen LogP contribution is -2.16. The predicted octanol–water partition coefficient (Wildman–Crippen LogP) is 2.76. The number of carbonyl (C=O) groups is 2. The highest BCUT2D eigenvalue weighted by Gasteiger charge is 2.17. The van der Waals surface area contributed by atoms with Crippen molar-refractivity contribution in [3.63, 3.8) is 0 Å². The van der Waals surface area contributed by atoms with Crippen LogP contribution in [-0.4, -0.2) is 24.3 Å². The summed E-state index contributed by atoms with van der Waals surface area (Å²) in [7, 11) is 1.23. The van der Waals surface area contributed by atoms with Crippen molar-refractivity contribution >= 4 is 17.7 Å². The molecule has 0 saturated carbocycles. The molecule has 1 amide bonds. The molecule has 0 aliphatic heterocycles. The van der Waals surface area contributed by atoms with Crippen LogP contribution in [0.3, 0.4) is 0 Å². The molecule has 0 aliphatic rings. The number of methoxy groups -OCH3 is 1. The highest BCUT2D eigenvalue weighted by Crippen LogP contribution is 2.22. The van der Waals surface area contributed by atoms with Gasteiger partial charge in [-0.1, -0.05) is 26.0 Å². The van der Waals surface area contributed by atoms with Crippen LogP contribution in [-0.2, 0) is 11.2 Å². The summed E-state index contributed by atoms with van der Waals surface area (Å²) in [5, 5.41) is 11.7. The average Bonchev–Trinajstić information content (AvgIpc) is 2.27. The monoisotopic (exact) mass is 251 g/mol. The minimum absolute atomic E-state index is 0.122. The molecule has 0 saturated heterocycles. The summed E-state index contributed by atoms with van der Waals surface area (Å²) in [5.74, 6) is -0.728. The number of ether oxygens (including phenoxy) is 1. The van der Waals surface area contributed by atoms with E-state index in [2.05, 4.69) is 10.1 Å². The van der Waals surface area contributed by atoms with Crippen molar-refractivity contribution in [1.29, 1.82) is 0 Å². The van der Waals surface area contributed by atoms with Crippen LogP contribution in [0.1, 0.15) is 29.8 Å². The Morgan fingerprint density at radius 1 is 1.39 bits per heavy atom. The summed E-state index contributed by atoms with van der Waals surface area (Å²) < 4.78 is 4.47. The highest BCUT2D eigenvalue weighted by atomic mass is 16.5. The van der Waals surface area contributed by atoms with Crippen molar-refractivity contribution in [2.24, 2.45) is 5.92 Å². The predicted molar refractivity (Wildman–Crippen MR) is 68.0 cm³/mol. The number of anilines is 1. The number of nitrogens with one attached hydrogen (secondary N) is 1. The van der Waals surface area contributed by atoms with Gasteiger partial charge in [0.2, 0.25) is 0 Å². The lowest BCUT2D eigenvalue weighted by molar-refractivity contribution is 0.0696. The number of aromatic carboxylic acids is 1. The van der Waals surface area contributed by atoms with Crippen molar-refractivity contribution in [3.05, 3.63) is 29.3 Å². The maximum absolute atomic E-state index is 11.3. The zero-order valence-electron chi connectivity index (χ0n) is 10.7. The lowest BCUT2D eigenvalue weighted by atomic mass is 9.97. The number of hydrogen-bond acceptors (Lipinski definition) is 3. The molecule has 18 heavy (non-hydrogen) atoms. The van der Waals surface area contributed by atoms with Gasteiger partial charge in [0.05, 0.1) is 18.4 Å². The van der Waals surface area contributed by atoms with Gasteiger partial charge in [-0.05, 0) is 24.0 Å². The second-order valence-corrected chi connectivity index (χ2v) is 4.36. The quantitative estimate of drug-likeness (QED) is 0.862. The summed E-state index contributed by atoms with van der Waals surface area (Å²) in [6.07, 6.45) is -0.0441. The summed E-state index contributed by atoms with van der Waals surface area (Å²) in [6.45, 7) is 4.01. The van der Waals surface area contributed by atoms with Gasteiger partial charge in [-0.25, -0.2) is 9.59 Å². The van der Waals surface area contributed by atoms with Gasteiger partial charge in [-0.15, -0.1) is 0 Å². The van der Waals surface area contributed by atoms with E-state index in [0.717, 1.165) is 0 Å². The largest absolute Gasteiger partial charge is 0.478 e. The van der Waals surface area contributed by atoms with E-state index >= 15 is 0 Å². The lowest BCUT2D eigenvalue weighted by Gasteiger charge is -2.13. The molecule has 0 unspecified atom stereocenters. The molecule has 0 atom stereocenters. The van der Waals surface area contributed by atoms with E-state index in [1.807, 2.05) is 13.8 Å². The van der Waals surface area contributed by atoms with Gasteiger partial charge in [0.15, 0.2) is 0 Å². The van der Waals surface area contributed by atoms with E-state index in [0.29, 0.717) is 17.9 Å². The van der Waals surface area contributed by atoms with Crippen LogP contribution >= 0.6 is 0 Å². The fraction of sp³-hybridized carbons (Fsp3) is 0.385. The average molecular weight is 251 g/mol. The second kappa shape index (κ2) is 6.05. The van der Waals surface area contributed by atoms with Gasteiger partial charge in [-0.3, -0.25) is 5.32 Å². The number of hydrogen-bond donors (Lipinski definition) is 2. The summed E-state index contributed by atoms with van der Waals surface area (Å²) >= 11 is 0. The van der Waals surface area contributed by atoms with Crippen LogP contribution in [0.4, 0.5) is 10.5 Å². The SMILES string of the molecule is COC(=O)Nc1cccc(CC(C)C)c1C(=O)O. The van der Waals surface area contributed by atoms with E-state index in [9.17, 15) is 14.7 Å². The fourth-order valence-corrected chi connectivity index (χ4v) is 1.73. The third-order valence-corrected chi connectivity index (χ3v) is 2.41. The molecule has 0 radical (unpaired) electrons. The molecule has 1 aromatic carbocycles. The summed E-state index contributed by atoms with van der Waals surface area (Å²) in [4.78, 5) is 22.5. The van der Waals surface area contributed by atoms with E-state index in [4.69, 9.17) is 0 Å². The fourth-order valence-electron chi connectivity index (χ4n) is 1.73. The summed E-state index contributed by atoms with van der Waals surface area (Å²) in [5.41, 5.74) is 1.08. The molecule has 0 bridgehead atoms. The first-order valence-corrected chi connectivity index (χ1v) is 5.65. The molecule has 2 N–H and O–H groups in total. The van der Waals surface area contributed by atoms with Crippen LogP contribution < -0.4 is 5.32 Å². The van der Waals surface area contributed by atoms with E-state index in [1.165, 1.54) is 7.11 Å². The molecule has 0 fully saturated rings. The van der Waals surface area contributed by atoms with Gasteiger partial charge in [-0.2, -0.15) is 0 Å². The Hall–Kier alpha value is -2.04. The van der Waals surface area contributed by atoms with Crippen molar-refractivity contribution in [2.75, 3.05) is 12.4 Å². The van der Waals surface area contributed by atoms with Crippen LogP contribution in [0, 0.1) is 5.92 Å². The Morgan fingerprint density at radius 2 is 2.06 bits per heavy atom. The number of carboxylic acid groups (broad SMARTS) is 1. The smallest absolute Gasteiger partial charge is 0.411 e. The topological polar surface area (TPSA) is 75.6 Å². The molecule has 0 aliphatic carbocycles. The molecule has 98 valence electrons. The number of rotatable bonds is 4. The molecule has 0 spiro atoms. The Kier molecular flexibility index (Phi) is 4.71. The minimum atomic E-state index is -1.06. The van der Waals surface area contributed by atoms with Crippen molar-refractivity contribution in [3.8, 4) is 0 Å². The Morgan fingerprint density at radius 3 is 2.56 bits per heavy atom. The first-order chi connectivity index (χ1) is 8.45. The zero-order valence-corrected chi connectivity index (χ0v) is 10.7. The number of carboxylic acids is 1. The third-order valence-electron chi connectivity index (χ3n) is 2.41. The van der Waals surface area contributed by atoms with E-state index in [-0.39, 0.29) is 11.3 Å². The van der Waals surface area contributed by atoms with Crippen molar-refractivity contribution in [1.82, 2.24) is 0 Å². The first kappa shape index (κ1) is 14.0. The number of benzene rings is 1. The second-order valence-electron chi connectivity index (χ2n) is 4.36. The molecule has 1 rings (SSSR count). The number of carbonyl (C=O) groups excluding carboxylic acids is 1. The standard InChI is InChI=1S/C13H17NO4/c1-8(2)7-9-5-4-6-10(11(9)12(15)16)14-13(17)18-3/h4-6,8H,7H2,1-3H3,(H,14,17)(H,15,16). The number of amides is 1. The maximum atomic E-state index is 11.3. The summed E-state index contributed by atoms with van der Waals surface area (Å²) in [6, 6.07) is 5.02. The molecule has 1 aromatic rings. The molecular weight excluding hydrogens is 234 g/mol. The van der Waals surface area contributed by atoms with Gasteiger partial charge in [0.1, 0.15) is 0 Å². The maximum Gasteiger partial charge on any atom is 0.411 e. The van der Waals surface area contributed by atoms with Crippen LogP contribution in [0.2, 0.25) is 0 Å². The normalized spacial score (nSPS) is 10.2. The third kappa shape index (κ3) is 3.48. The molecular formula is C13H17NO4. The van der Waals surface area contributed by atoms with E-state index in [1.54, 1.807) is 18.2 Å². The van der Waals surface area contributed by atoms with Crippen molar-refractivity contribution < 1.29 is 19.4 Å². The van der Waals surface area contributed by atoms with Crippen LogP contribution in [0.15, 0.2) is 18.2 Å². The van der Waals surface area contributed by atoms with Crippen LogP contribution in [0.5, 0.6) is 0 Å². The van der Waals surface area contributed by atoms with Gasteiger partial charge < -0.3 is 9.84 Å². The highest BCUT2D eigenvalue weighted by molar-refractivity contribution is 6.00. The van der Waals surface area contributed by atoms with Gasteiger partial charge >= 0.3 is 12.1 Å².